The van der Waals surface area contributed by atoms with Crippen molar-refractivity contribution in [2.75, 3.05) is 33.4 Å². The van der Waals surface area contributed by atoms with Gasteiger partial charge in [-0.05, 0) is 26.8 Å². The summed E-state index contributed by atoms with van der Waals surface area (Å²) in [7, 11) is 1.94. The van der Waals surface area contributed by atoms with Crippen LogP contribution in [-0.4, -0.2) is 60.8 Å². The Balaban J connectivity index is 1.59. The van der Waals surface area contributed by atoms with Gasteiger partial charge in [0, 0.05) is 25.8 Å². The van der Waals surface area contributed by atoms with Crippen molar-refractivity contribution in [3.05, 3.63) is 17.5 Å². The summed E-state index contributed by atoms with van der Waals surface area (Å²) in [6.45, 7) is 4.80. The highest BCUT2D eigenvalue weighted by molar-refractivity contribution is 5.03. The molecule has 1 aliphatic heterocycles. The van der Waals surface area contributed by atoms with E-state index in [-0.39, 0.29) is 6.10 Å². The molecule has 1 aromatic heterocycles. The molecule has 0 spiro atoms. The maximum atomic E-state index is 9.93. The first kappa shape index (κ1) is 15.4. The molecule has 0 bridgehead atoms. The Hall–Kier alpha value is -0.950. The Morgan fingerprint density at radius 1 is 1.60 bits per heavy atom. The van der Waals surface area contributed by atoms with Gasteiger partial charge in [0.2, 0.25) is 0 Å². The van der Waals surface area contributed by atoms with Crippen LogP contribution >= 0.6 is 0 Å². The molecular weight excluding hydrogens is 260 g/mol. The summed E-state index contributed by atoms with van der Waals surface area (Å²) in [5.74, 6) is 0.800. The quantitative estimate of drug-likeness (QED) is 0.767. The Morgan fingerprint density at radius 2 is 2.45 bits per heavy atom. The average Bonchev–Trinajstić information content (AvgIpc) is 3.01. The van der Waals surface area contributed by atoms with Gasteiger partial charge in [-0.2, -0.15) is 0 Å². The number of nitrogens with zero attached hydrogens (tertiary/aromatic N) is 2. The smallest absolute Gasteiger partial charge is 0.133 e. The third-order valence-corrected chi connectivity index (χ3v) is 3.27. The van der Waals surface area contributed by atoms with E-state index in [1.54, 1.807) is 0 Å². The zero-order chi connectivity index (χ0) is 14.4. The second-order valence-corrected chi connectivity index (χ2v) is 5.45. The highest BCUT2D eigenvalue weighted by Crippen LogP contribution is 2.12. The summed E-state index contributed by atoms with van der Waals surface area (Å²) in [5, 5.41) is 13.9. The second-order valence-electron chi connectivity index (χ2n) is 5.45. The van der Waals surface area contributed by atoms with E-state index in [9.17, 15) is 5.11 Å². The van der Waals surface area contributed by atoms with Crippen LogP contribution in [0.4, 0.5) is 0 Å². The van der Waals surface area contributed by atoms with Gasteiger partial charge in [-0.3, -0.25) is 4.90 Å². The molecular formula is C14H24N2O4. The molecule has 0 aliphatic carbocycles. The number of ether oxygens (including phenoxy) is 2. The molecule has 0 aromatic carbocycles. The van der Waals surface area contributed by atoms with Crippen molar-refractivity contribution < 1.29 is 19.1 Å². The Labute approximate surface area is 119 Å². The van der Waals surface area contributed by atoms with Crippen LogP contribution in [0.15, 0.2) is 10.6 Å². The fourth-order valence-electron chi connectivity index (χ4n) is 2.36. The largest absolute Gasteiger partial charge is 0.389 e. The van der Waals surface area contributed by atoms with Gasteiger partial charge in [0.1, 0.15) is 5.76 Å². The molecule has 1 aromatic rings. The molecule has 1 N–H and O–H groups in total. The first-order chi connectivity index (χ1) is 9.63. The number of aryl methyl sites for hydroxylation is 1. The molecule has 0 amide bonds. The zero-order valence-corrected chi connectivity index (χ0v) is 12.2. The fourth-order valence-corrected chi connectivity index (χ4v) is 2.36. The lowest BCUT2D eigenvalue weighted by Crippen LogP contribution is -2.32. The monoisotopic (exact) mass is 284 g/mol. The topological polar surface area (TPSA) is 68.0 Å². The first-order valence-electron chi connectivity index (χ1n) is 7.11. The number of aliphatic hydroxyl groups excluding tert-OH is 1. The predicted octanol–water partition coefficient (Wildman–Crippen LogP) is 0.971. The second kappa shape index (κ2) is 7.73. The van der Waals surface area contributed by atoms with Crippen molar-refractivity contribution in [3.63, 3.8) is 0 Å². The van der Waals surface area contributed by atoms with Crippen molar-refractivity contribution in [1.82, 2.24) is 10.1 Å². The minimum Gasteiger partial charge on any atom is -0.389 e. The summed E-state index contributed by atoms with van der Waals surface area (Å²) in [6, 6.07) is 1.90. The van der Waals surface area contributed by atoms with E-state index in [0.717, 1.165) is 30.9 Å². The van der Waals surface area contributed by atoms with Gasteiger partial charge >= 0.3 is 0 Å². The number of hydrogen-bond acceptors (Lipinski definition) is 6. The van der Waals surface area contributed by atoms with Gasteiger partial charge in [-0.25, -0.2) is 0 Å². The van der Waals surface area contributed by atoms with E-state index in [1.807, 2.05) is 24.9 Å². The lowest BCUT2D eigenvalue weighted by molar-refractivity contribution is -0.0239. The molecule has 0 saturated carbocycles. The summed E-state index contributed by atoms with van der Waals surface area (Å²) in [6.07, 6.45) is 1.87. The molecule has 0 radical (unpaired) electrons. The lowest BCUT2D eigenvalue weighted by Gasteiger charge is -2.20. The van der Waals surface area contributed by atoms with Crippen molar-refractivity contribution in [3.8, 4) is 0 Å². The van der Waals surface area contributed by atoms with Gasteiger partial charge in [0.05, 0.1) is 31.1 Å². The van der Waals surface area contributed by atoms with Crippen LogP contribution in [-0.2, 0) is 16.0 Å². The number of aromatic nitrogens is 1. The van der Waals surface area contributed by atoms with Crippen LogP contribution in [0, 0.1) is 6.92 Å². The fraction of sp³-hybridized carbons (Fsp3) is 0.786. The van der Waals surface area contributed by atoms with Gasteiger partial charge < -0.3 is 19.1 Å². The van der Waals surface area contributed by atoms with Crippen LogP contribution in [0.3, 0.4) is 0 Å². The number of rotatable bonds is 8. The molecule has 6 nitrogen and oxygen atoms in total. The van der Waals surface area contributed by atoms with Crippen molar-refractivity contribution >= 4 is 0 Å². The van der Waals surface area contributed by atoms with Gasteiger partial charge in [0.25, 0.3) is 0 Å². The van der Waals surface area contributed by atoms with Crippen molar-refractivity contribution in [1.29, 1.82) is 0 Å². The first-order valence-corrected chi connectivity index (χ1v) is 7.11. The molecule has 0 unspecified atom stereocenters. The SMILES string of the molecule is Cc1cc(CN(C)C[C@H](O)COC[C@H]2CCCO2)no1. The molecule has 1 fully saturated rings. The molecule has 20 heavy (non-hydrogen) atoms. The van der Waals surface area contributed by atoms with Gasteiger partial charge in [0.15, 0.2) is 0 Å². The van der Waals surface area contributed by atoms with E-state index >= 15 is 0 Å². The molecule has 2 atom stereocenters. The maximum absolute atomic E-state index is 9.93. The number of likely N-dealkylation sites (N-methyl/N-ethyl adjacent to an activating group) is 1. The third kappa shape index (κ3) is 5.20. The Kier molecular flexibility index (Phi) is 5.97. The van der Waals surface area contributed by atoms with E-state index < -0.39 is 6.10 Å². The Bertz CT molecular complexity index is 390. The molecule has 6 heteroatoms. The van der Waals surface area contributed by atoms with E-state index in [0.29, 0.717) is 26.3 Å². The van der Waals surface area contributed by atoms with E-state index in [1.165, 1.54) is 0 Å². The zero-order valence-electron chi connectivity index (χ0n) is 12.2. The Morgan fingerprint density at radius 3 is 3.10 bits per heavy atom. The van der Waals surface area contributed by atoms with Gasteiger partial charge in [-0.15, -0.1) is 0 Å². The van der Waals surface area contributed by atoms with E-state index in [4.69, 9.17) is 14.0 Å². The molecule has 2 rings (SSSR count). The minimum atomic E-state index is -0.505. The normalized spacial score (nSPS) is 20.7. The summed E-state index contributed by atoms with van der Waals surface area (Å²) < 4.78 is 16.0. The van der Waals surface area contributed by atoms with Crippen molar-refractivity contribution in [2.45, 2.75) is 38.5 Å². The average molecular weight is 284 g/mol. The minimum absolute atomic E-state index is 0.207. The molecule has 1 saturated heterocycles. The summed E-state index contributed by atoms with van der Waals surface area (Å²) >= 11 is 0. The maximum Gasteiger partial charge on any atom is 0.133 e. The van der Waals surface area contributed by atoms with Crippen LogP contribution < -0.4 is 0 Å². The summed E-state index contributed by atoms with van der Waals surface area (Å²) in [4.78, 5) is 2.00. The molecule has 1 aliphatic rings. The lowest BCUT2D eigenvalue weighted by atomic mass is 10.2. The van der Waals surface area contributed by atoms with Gasteiger partial charge in [-0.1, -0.05) is 5.16 Å². The summed E-state index contributed by atoms with van der Waals surface area (Å²) in [5.41, 5.74) is 0.873. The predicted molar refractivity (Wildman–Crippen MR) is 73.4 cm³/mol. The van der Waals surface area contributed by atoms with Crippen LogP contribution in [0.5, 0.6) is 0 Å². The standard InChI is InChI=1S/C14H24N2O4/c1-11-6-12(15-20-11)7-16(2)8-13(17)9-18-10-14-4-3-5-19-14/h6,13-14,17H,3-5,7-10H2,1-2H3/t13-,14+/m0/s1. The number of hydrogen-bond donors (Lipinski definition) is 1. The van der Waals surface area contributed by atoms with Crippen LogP contribution in [0.2, 0.25) is 0 Å². The third-order valence-electron chi connectivity index (χ3n) is 3.27. The highest BCUT2D eigenvalue weighted by atomic mass is 16.5. The van der Waals surface area contributed by atoms with Crippen LogP contribution in [0.1, 0.15) is 24.3 Å². The number of aliphatic hydroxyl groups is 1. The van der Waals surface area contributed by atoms with E-state index in [2.05, 4.69) is 5.16 Å². The van der Waals surface area contributed by atoms with Crippen LogP contribution in [0.25, 0.3) is 0 Å². The molecule has 2 heterocycles. The molecule has 114 valence electrons. The van der Waals surface area contributed by atoms with Crippen molar-refractivity contribution in [2.24, 2.45) is 0 Å². The highest BCUT2D eigenvalue weighted by Gasteiger charge is 2.16.